The normalized spacial score (nSPS) is 19.8. The van der Waals surface area contributed by atoms with Crippen molar-refractivity contribution < 1.29 is 18.7 Å². The van der Waals surface area contributed by atoms with Gasteiger partial charge in [0.2, 0.25) is 5.91 Å². The molecule has 0 atom stereocenters. The van der Waals surface area contributed by atoms with Gasteiger partial charge in [0.15, 0.2) is 0 Å². The van der Waals surface area contributed by atoms with E-state index in [2.05, 4.69) is 20.6 Å². The summed E-state index contributed by atoms with van der Waals surface area (Å²) in [6, 6.07) is 6.66. The third-order valence-electron chi connectivity index (χ3n) is 7.26. The number of aromatic nitrogens is 2. The number of amides is 2. The summed E-state index contributed by atoms with van der Waals surface area (Å²) >= 11 is 0. The molecule has 7 nitrogen and oxygen atoms in total. The Labute approximate surface area is 210 Å². The lowest BCUT2D eigenvalue weighted by Crippen LogP contribution is -2.43. The number of hydrogen-bond donors (Lipinski definition) is 3. The fourth-order valence-electron chi connectivity index (χ4n) is 5.01. The maximum absolute atomic E-state index is 14.0. The van der Waals surface area contributed by atoms with Crippen molar-refractivity contribution in [3.8, 4) is 16.9 Å². The van der Waals surface area contributed by atoms with E-state index in [0.717, 1.165) is 60.9 Å². The number of carbonyl (C=O) groups is 2. The van der Waals surface area contributed by atoms with Gasteiger partial charge in [-0.25, -0.2) is 4.39 Å². The molecule has 0 unspecified atom stereocenters. The van der Waals surface area contributed by atoms with Gasteiger partial charge >= 0.3 is 0 Å². The number of nitrogens with zero attached hydrogens (tertiary/aromatic N) is 1. The van der Waals surface area contributed by atoms with Crippen LogP contribution < -0.4 is 15.4 Å². The third-order valence-corrected chi connectivity index (χ3v) is 7.26. The molecule has 0 bridgehead atoms. The lowest BCUT2D eigenvalue weighted by Gasteiger charge is -2.29. The highest BCUT2D eigenvalue weighted by atomic mass is 19.1. The number of aromatic amines is 1. The number of halogens is 1. The molecule has 0 radical (unpaired) electrons. The van der Waals surface area contributed by atoms with E-state index < -0.39 is 0 Å². The van der Waals surface area contributed by atoms with Crippen LogP contribution in [-0.2, 0) is 4.79 Å². The number of fused-ring (bicyclic) bond motifs is 1. The lowest BCUT2D eigenvalue weighted by molar-refractivity contribution is -0.121. The van der Waals surface area contributed by atoms with Crippen molar-refractivity contribution in [2.75, 3.05) is 6.61 Å². The van der Waals surface area contributed by atoms with E-state index in [1.165, 1.54) is 12.1 Å². The summed E-state index contributed by atoms with van der Waals surface area (Å²) in [5.41, 5.74) is 4.16. The van der Waals surface area contributed by atoms with Gasteiger partial charge in [-0.1, -0.05) is 6.92 Å². The second-order valence-corrected chi connectivity index (χ2v) is 10.0. The molecule has 2 fully saturated rings. The molecular formula is C28H33FN4O3. The highest BCUT2D eigenvalue weighted by molar-refractivity contribution is 6.09. The summed E-state index contributed by atoms with van der Waals surface area (Å²) in [4.78, 5) is 32.9. The summed E-state index contributed by atoms with van der Waals surface area (Å²) < 4.78 is 20.0. The molecule has 5 rings (SSSR count). The molecule has 2 amide bonds. The molecule has 1 aromatic carbocycles. The van der Waals surface area contributed by atoms with Crippen LogP contribution in [0.1, 0.15) is 67.9 Å². The predicted molar refractivity (Wildman–Crippen MR) is 136 cm³/mol. The molecule has 2 aliphatic carbocycles. The summed E-state index contributed by atoms with van der Waals surface area (Å²) in [5.74, 6) is 0.607. The molecule has 0 spiro atoms. The van der Waals surface area contributed by atoms with Crippen molar-refractivity contribution in [1.29, 1.82) is 0 Å². The average Bonchev–Trinajstić information content (AvgIpc) is 3.63. The zero-order chi connectivity index (χ0) is 25.2. The first kappa shape index (κ1) is 24.3. The van der Waals surface area contributed by atoms with E-state index in [4.69, 9.17) is 4.74 Å². The Morgan fingerprint density at radius 2 is 1.78 bits per heavy atom. The van der Waals surface area contributed by atoms with Crippen LogP contribution in [0, 0.1) is 18.7 Å². The van der Waals surface area contributed by atoms with Gasteiger partial charge in [-0.2, -0.15) is 0 Å². The van der Waals surface area contributed by atoms with Gasteiger partial charge in [0.25, 0.3) is 5.91 Å². The summed E-state index contributed by atoms with van der Waals surface area (Å²) in [6.07, 6.45) is 7.78. The zero-order valence-electron chi connectivity index (χ0n) is 20.8. The summed E-state index contributed by atoms with van der Waals surface area (Å²) in [6.45, 7) is 4.29. The number of hydrogen-bond acceptors (Lipinski definition) is 4. The lowest BCUT2D eigenvalue weighted by atomic mass is 9.91. The van der Waals surface area contributed by atoms with Gasteiger partial charge in [-0.05, 0) is 69.6 Å². The van der Waals surface area contributed by atoms with Gasteiger partial charge in [-0.3, -0.25) is 14.6 Å². The van der Waals surface area contributed by atoms with Crippen molar-refractivity contribution in [2.45, 2.75) is 70.9 Å². The highest BCUT2D eigenvalue weighted by Gasteiger charge is 2.27. The number of aryl methyl sites for hydroxylation is 1. The van der Waals surface area contributed by atoms with Crippen LogP contribution in [0.5, 0.6) is 5.75 Å². The number of ether oxygens (including phenoxy) is 1. The van der Waals surface area contributed by atoms with Crippen LogP contribution in [0.15, 0.2) is 30.5 Å². The minimum atomic E-state index is -0.346. The van der Waals surface area contributed by atoms with E-state index in [1.807, 2.05) is 19.9 Å². The Kier molecular flexibility index (Phi) is 6.94. The van der Waals surface area contributed by atoms with Gasteiger partial charge in [0.05, 0.1) is 17.7 Å². The molecule has 2 aromatic heterocycles. The van der Waals surface area contributed by atoms with Crippen LogP contribution in [0.3, 0.4) is 0 Å². The largest absolute Gasteiger partial charge is 0.493 e. The Hall–Kier alpha value is -3.42. The van der Waals surface area contributed by atoms with Crippen molar-refractivity contribution in [3.63, 3.8) is 0 Å². The molecular weight excluding hydrogens is 459 g/mol. The molecule has 3 N–H and O–H groups in total. The molecule has 36 heavy (non-hydrogen) atoms. The highest BCUT2D eigenvalue weighted by Crippen LogP contribution is 2.38. The van der Waals surface area contributed by atoms with E-state index in [1.54, 1.807) is 12.3 Å². The van der Waals surface area contributed by atoms with Gasteiger partial charge < -0.3 is 20.4 Å². The minimum absolute atomic E-state index is 0.0549. The van der Waals surface area contributed by atoms with Crippen molar-refractivity contribution >= 4 is 22.8 Å². The van der Waals surface area contributed by atoms with E-state index in [0.29, 0.717) is 35.8 Å². The first-order chi connectivity index (χ1) is 17.4. The van der Waals surface area contributed by atoms with Gasteiger partial charge in [0, 0.05) is 47.6 Å². The molecule has 2 saturated carbocycles. The Morgan fingerprint density at radius 3 is 2.47 bits per heavy atom. The predicted octanol–water partition coefficient (Wildman–Crippen LogP) is 5.03. The fourth-order valence-corrected chi connectivity index (χ4v) is 5.01. The molecule has 3 aromatic rings. The first-order valence-corrected chi connectivity index (χ1v) is 12.9. The Morgan fingerprint density at radius 1 is 1.06 bits per heavy atom. The molecule has 8 heteroatoms. The van der Waals surface area contributed by atoms with Crippen molar-refractivity contribution in [3.05, 3.63) is 47.5 Å². The van der Waals surface area contributed by atoms with Gasteiger partial charge in [-0.15, -0.1) is 0 Å². The number of benzene rings is 1. The smallest absolute Gasteiger partial charge is 0.255 e. The zero-order valence-corrected chi connectivity index (χ0v) is 20.8. The molecule has 2 heterocycles. The van der Waals surface area contributed by atoms with Crippen LogP contribution in [0.2, 0.25) is 0 Å². The summed E-state index contributed by atoms with van der Waals surface area (Å²) in [7, 11) is 0. The fraction of sp³-hybridized carbons (Fsp3) is 0.464. The number of pyridine rings is 1. The van der Waals surface area contributed by atoms with Crippen LogP contribution >= 0.6 is 0 Å². The first-order valence-electron chi connectivity index (χ1n) is 12.9. The van der Waals surface area contributed by atoms with Crippen LogP contribution in [0.25, 0.3) is 22.2 Å². The van der Waals surface area contributed by atoms with Crippen LogP contribution in [-0.4, -0.2) is 40.5 Å². The van der Waals surface area contributed by atoms with Crippen molar-refractivity contribution in [1.82, 2.24) is 20.6 Å². The number of rotatable bonds is 8. The Balaban J connectivity index is 1.36. The number of carbonyl (C=O) groups excluding carboxylic acids is 2. The second kappa shape index (κ2) is 10.3. The average molecular weight is 493 g/mol. The molecule has 0 saturated heterocycles. The number of nitrogens with one attached hydrogen (secondary N) is 3. The monoisotopic (exact) mass is 492 g/mol. The molecule has 190 valence electrons. The Bertz CT molecular complexity index is 1280. The minimum Gasteiger partial charge on any atom is -0.493 e. The summed E-state index contributed by atoms with van der Waals surface area (Å²) in [5, 5.41) is 6.23. The molecule has 0 aliphatic heterocycles. The topological polar surface area (TPSA) is 96.1 Å². The van der Waals surface area contributed by atoms with Crippen LogP contribution in [0.4, 0.5) is 4.39 Å². The van der Waals surface area contributed by atoms with E-state index in [-0.39, 0.29) is 29.7 Å². The van der Waals surface area contributed by atoms with Crippen molar-refractivity contribution in [2.24, 2.45) is 5.92 Å². The standard InChI is InChI=1S/C28H33FN4O3/c1-3-24(34)32-19-7-9-20(10-8-19)33-28(35)25-16(2)31-26-22(12-13-30-27(25)26)21-11-6-18(29)14-23(21)36-15-17-4-5-17/h6,11-14,17,19-20,31H,3-5,7-10,15H2,1-2H3,(H,32,34)(H,33,35). The van der Waals surface area contributed by atoms with E-state index >= 15 is 0 Å². The van der Waals surface area contributed by atoms with Gasteiger partial charge in [0.1, 0.15) is 17.1 Å². The SMILES string of the molecule is CCC(=O)NC1CCC(NC(=O)c2c(C)[nH]c3c(-c4ccc(F)cc4OCC4CC4)ccnc23)CC1. The van der Waals surface area contributed by atoms with E-state index in [9.17, 15) is 14.0 Å². The number of H-pyrrole nitrogens is 1. The maximum atomic E-state index is 14.0. The third kappa shape index (κ3) is 5.22. The second-order valence-electron chi connectivity index (χ2n) is 10.0. The maximum Gasteiger partial charge on any atom is 0.255 e. The molecule has 2 aliphatic rings. The quantitative estimate of drug-likeness (QED) is 0.411.